The van der Waals surface area contributed by atoms with Gasteiger partial charge in [-0.2, -0.15) is 0 Å². The molecule has 0 heterocycles. The number of carbonyl (C=O) groups is 2. The lowest BCUT2D eigenvalue weighted by Crippen LogP contribution is -2.57. The maximum atomic E-state index is 12.6. The minimum Gasteiger partial charge on any atom is -0.481 e. The van der Waals surface area contributed by atoms with Crippen LogP contribution in [0.3, 0.4) is 0 Å². The van der Waals surface area contributed by atoms with Gasteiger partial charge in [-0.25, -0.2) is 0 Å². The number of hydrogen-bond donors (Lipinski definition) is 2. The molecule has 0 aromatic carbocycles. The number of rotatable bonds is 11. The highest BCUT2D eigenvalue weighted by molar-refractivity contribution is 5.87. The summed E-state index contributed by atoms with van der Waals surface area (Å²) in [6.07, 6.45) is 9.62. The third-order valence-corrected chi connectivity index (χ3v) is 6.43. The molecule has 2 N–H and O–H groups in total. The zero-order chi connectivity index (χ0) is 18.2. The molecule has 0 saturated heterocycles. The molecular weight excluding hydrogens is 304 g/mol. The average molecular weight is 341 g/mol. The number of unbranched alkanes of at least 4 members (excludes halogenated alkanes) is 2. The lowest BCUT2D eigenvalue weighted by atomic mass is 9.50. The molecule has 1 saturated carbocycles. The van der Waals surface area contributed by atoms with E-state index in [1.54, 1.807) is 0 Å². The Labute approximate surface area is 147 Å². The van der Waals surface area contributed by atoms with E-state index in [1.807, 2.05) is 20.8 Å². The molecule has 1 aliphatic carbocycles. The molecule has 0 aromatic rings. The molecule has 4 nitrogen and oxygen atoms in total. The van der Waals surface area contributed by atoms with E-state index in [0.717, 1.165) is 57.8 Å². The number of aliphatic carboxylic acids is 2. The van der Waals surface area contributed by atoms with Crippen LogP contribution in [0.25, 0.3) is 0 Å². The maximum Gasteiger partial charge on any atom is 0.311 e. The van der Waals surface area contributed by atoms with Crippen molar-refractivity contribution in [2.45, 2.75) is 97.8 Å². The predicted molar refractivity (Wildman–Crippen MR) is 96.1 cm³/mol. The number of carboxylic acid groups (broad SMARTS) is 2. The van der Waals surface area contributed by atoms with Gasteiger partial charge in [0.15, 0.2) is 0 Å². The summed E-state index contributed by atoms with van der Waals surface area (Å²) >= 11 is 0. The Kier molecular flexibility index (Phi) is 8.24. The van der Waals surface area contributed by atoms with Crippen molar-refractivity contribution >= 4 is 11.9 Å². The van der Waals surface area contributed by atoms with E-state index in [-0.39, 0.29) is 5.92 Å². The highest BCUT2D eigenvalue weighted by atomic mass is 16.4. The fraction of sp³-hybridized carbons (Fsp3) is 0.900. The summed E-state index contributed by atoms with van der Waals surface area (Å²) in [5.74, 6) is -1.78. The smallest absolute Gasteiger partial charge is 0.311 e. The van der Waals surface area contributed by atoms with E-state index >= 15 is 0 Å². The second-order valence-corrected chi connectivity index (χ2v) is 7.56. The Morgan fingerprint density at radius 3 is 1.83 bits per heavy atom. The lowest BCUT2D eigenvalue weighted by Gasteiger charge is -2.51. The van der Waals surface area contributed by atoms with Crippen molar-refractivity contribution < 1.29 is 19.8 Å². The van der Waals surface area contributed by atoms with Crippen molar-refractivity contribution in [3.63, 3.8) is 0 Å². The number of hydrogen-bond acceptors (Lipinski definition) is 2. The number of carboxylic acids is 2. The predicted octanol–water partition coefficient (Wildman–Crippen LogP) is 5.50. The van der Waals surface area contributed by atoms with Gasteiger partial charge in [-0.3, -0.25) is 9.59 Å². The molecule has 4 heteroatoms. The Morgan fingerprint density at radius 1 is 0.875 bits per heavy atom. The second-order valence-electron chi connectivity index (χ2n) is 7.56. The van der Waals surface area contributed by atoms with Crippen molar-refractivity contribution in [2.24, 2.45) is 16.7 Å². The molecule has 0 aromatic heterocycles. The fourth-order valence-corrected chi connectivity index (χ4v) is 5.01. The van der Waals surface area contributed by atoms with Gasteiger partial charge in [0.25, 0.3) is 0 Å². The van der Waals surface area contributed by atoms with Gasteiger partial charge in [-0.1, -0.05) is 65.7 Å². The minimum absolute atomic E-state index is 0.0109. The molecule has 2 atom stereocenters. The van der Waals surface area contributed by atoms with Crippen molar-refractivity contribution in [1.82, 2.24) is 0 Å². The van der Waals surface area contributed by atoms with E-state index < -0.39 is 22.8 Å². The van der Waals surface area contributed by atoms with Crippen LogP contribution in [-0.2, 0) is 9.59 Å². The first-order valence-corrected chi connectivity index (χ1v) is 9.89. The average Bonchev–Trinajstić information content (AvgIpc) is 2.58. The van der Waals surface area contributed by atoms with Gasteiger partial charge in [0.1, 0.15) is 0 Å². The third-order valence-electron chi connectivity index (χ3n) is 6.43. The van der Waals surface area contributed by atoms with E-state index in [0.29, 0.717) is 19.3 Å². The summed E-state index contributed by atoms with van der Waals surface area (Å²) in [4.78, 5) is 25.1. The summed E-state index contributed by atoms with van der Waals surface area (Å²) in [6.45, 7) is 5.96. The van der Waals surface area contributed by atoms with Crippen LogP contribution >= 0.6 is 0 Å². The van der Waals surface area contributed by atoms with Crippen LogP contribution in [-0.4, -0.2) is 22.2 Å². The molecule has 0 radical (unpaired) electrons. The normalized spacial score (nSPS) is 21.0. The summed E-state index contributed by atoms with van der Waals surface area (Å²) in [5.41, 5.74) is -2.27. The Hall–Kier alpha value is -1.06. The first-order valence-electron chi connectivity index (χ1n) is 9.89. The van der Waals surface area contributed by atoms with Crippen molar-refractivity contribution in [3.05, 3.63) is 0 Å². The first kappa shape index (κ1) is 21.0. The Morgan fingerprint density at radius 2 is 1.42 bits per heavy atom. The summed E-state index contributed by atoms with van der Waals surface area (Å²) < 4.78 is 0. The van der Waals surface area contributed by atoms with Crippen LogP contribution in [0.1, 0.15) is 97.8 Å². The molecule has 1 aliphatic rings. The molecule has 24 heavy (non-hydrogen) atoms. The van der Waals surface area contributed by atoms with Crippen LogP contribution < -0.4 is 0 Å². The fourth-order valence-electron chi connectivity index (χ4n) is 5.01. The molecular formula is C20H36O4. The largest absolute Gasteiger partial charge is 0.481 e. The van der Waals surface area contributed by atoms with Crippen molar-refractivity contribution in [2.75, 3.05) is 0 Å². The van der Waals surface area contributed by atoms with Gasteiger partial charge in [0, 0.05) is 0 Å². The molecule has 140 valence electrons. The van der Waals surface area contributed by atoms with Gasteiger partial charge in [0.05, 0.1) is 10.8 Å². The molecule has 2 unspecified atom stereocenters. The van der Waals surface area contributed by atoms with Gasteiger partial charge in [-0.05, 0) is 38.0 Å². The highest BCUT2D eigenvalue weighted by Crippen LogP contribution is 2.57. The van der Waals surface area contributed by atoms with Crippen molar-refractivity contribution in [3.8, 4) is 0 Å². The van der Waals surface area contributed by atoms with Crippen molar-refractivity contribution in [1.29, 1.82) is 0 Å². The van der Waals surface area contributed by atoms with Gasteiger partial charge >= 0.3 is 11.9 Å². The van der Waals surface area contributed by atoms with Gasteiger partial charge in [0.2, 0.25) is 0 Å². The van der Waals surface area contributed by atoms with E-state index in [4.69, 9.17) is 0 Å². The Balaban J connectivity index is 3.47. The molecule has 1 fully saturated rings. The lowest BCUT2D eigenvalue weighted by molar-refractivity contribution is -0.186. The summed E-state index contributed by atoms with van der Waals surface area (Å²) in [5, 5.41) is 20.6. The monoisotopic (exact) mass is 340 g/mol. The van der Waals surface area contributed by atoms with Crippen LogP contribution in [0.2, 0.25) is 0 Å². The maximum absolute atomic E-state index is 12.6. The zero-order valence-electron chi connectivity index (χ0n) is 15.8. The topological polar surface area (TPSA) is 74.6 Å². The Bertz CT molecular complexity index is 414. The van der Waals surface area contributed by atoms with E-state index in [9.17, 15) is 19.8 Å². The molecule has 0 amide bonds. The van der Waals surface area contributed by atoms with Gasteiger partial charge in [-0.15, -0.1) is 0 Å². The highest BCUT2D eigenvalue weighted by Gasteiger charge is 2.62. The first-order chi connectivity index (χ1) is 11.4. The van der Waals surface area contributed by atoms with Crippen LogP contribution in [0.4, 0.5) is 0 Å². The second kappa shape index (κ2) is 9.43. The molecule has 0 bridgehead atoms. The SMILES string of the molecule is CCCCC(CC)(C(=O)O)C(CCCC)(C(=O)O)C1CCCCC1. The van der Waals surface area contributed by atoms with E-state index in [2.05, 4.69) is 0 Å². The molecule has 0 spiro atoms. The quantitative estimate of drug-likeness (QED) is 0.521. The zero-order valence-corrected chi connectivity index (χ0v) is 15.8. The molecule has 1 rings (SSSR count). The summed E-state index contributed by atoms with van der Waals surface area (Å²) in [7, 11) is 0. The van der Waals surface area contributed by atoms with Crippen LogP contribution in [0.15, 0.2) is 0 Å². The van der Waals surface area contributed by atoms with Gasteiger partial charge < -0.3 is 10.2 Å². The minimum atomic E-state index is -1.15. The third kappa shape index (κ3) is 3.78. The standard InChI is InChI=1S/C20H36O4/c1-4-7-14-19(6-3,17(21)22)20(18(23)24,15-8-5-2)16-12-10-9-11-13-16/h16H,4-15H2,1-3H3,(H,21,22)(H,23,24). The molecule has 0 aliphatic heterocycles. The van der Waals surface area contributed by atoms with Crippen LogP contribution in [0, 0.1) is 16.7 Å². The summed E-state index contributed by atoms with van der Waals surface area (Å²) in [6, 6.07) is 0. The van der Waals surface area contributed by atoms with E-state index in [1.165, 1.54) is 0 Å². The van der Waals surface area contributed by atoms with Crippen LogP contribution in [0.5, 0.6) is 0 Å².